The summed E-state index contributed by atoms with van der Waals surface area (Å²) >= 11 is 0. The number of carbonyl (C=O) groups excluding carboxylic acids is 1. The van der Waals surface area contributed by atoms with Gasteiger partial charge in [0.1, 0.15) is 5.75 Å². The fraction of sp³-hybridized carbons (Fsp3) is 0.0909. The highest BCUT2D eigenvalue weighted by Crippen LogP contribution is 2.15. The number of aryl methyl sites for hydroxylation is 1. The van der Waals surface area contributed by atoms with Crippen molar-refractivity contribution in [3.63, 3.8) is 0 Å². The number of nitrogens with one attached hydrogen (secondary N) is 2. The van der Waals surface area contributed by atoms with E-state index in [1.54, 1.807) is 19.1 Å². The number of phenolic OH excluding ortho intramolecular Hbond substituents is 1. The largest absolute Gasteiger partial charge is 0.508 e. The summed E-state index contributed by atoms with van der Waals surface area (Å²) in [6.45, 7) is 1.78. The van der Waals surface area contributed by atoms with Gasteiger partial charge >= 0.3 is 0 Å². The molecule has 1 heterocycles. The van der Waals surface area contributed by atoms with Gasteiger partial charge in [0.15, 0.2) is 0 Å². The summed E-state index contributed by atoms with van der Waals surface area (Å²) in [5, 5.41) is 18.3. The highest BCUT2D eigenvalue weighted by atomic mass is 16.3. The molecule has 0 saturated heterocycles. The molecule has 1 aromatic carbocycles. The van der Waals surface area contributed by atoms with Crippen LogP contribution in [0.25, 0.3) is 0 Å². The zero-order valence-corrected chi connectivity index (χ0v) is 8.69. The van der Waals surface area contributed by atoms with Gasteiger partial charge in [0.2, 0.25) is 0 Å². The average molecular weight is 217 g/mol. The first-order chi connectivity index (χ1) is 7.66. The van der Waals surface area contributed by atoms with Crippen LogP contribution in [0.1, 0.15) is 16.1 Å². The first-order valence-corrected chi connectivity index (χ1v) is 4.77. The summed E-state index contributed by atoms with van der Waals surface area (Å²) in [7, 11) is 0. The van der Waals surface area contributed by atoms with Crippen molar-refractivity contribution in [1.29, 1.82) is 0 Å². The molecule has 0 unspecified atom stereocenters. The molecule has 0 fully saturated rings. The maximum Gasteiger partial charge on any atom is 0.259 e. The number of hydrogen-bond donors (Lipinski definition) is 3. The summed E-state index contributed by atoms with van der Waals surface area (Å²) in [6, 6.07) is 6.28. The fourth-order valence-corrected chi connectivity index (χ4v) is 1.32. The quantitative estimate of drug-likeness (QED) is 0.669. The third-order valence-electron chi connectivity index (χ3n) is 2.20. The molecule has 0 atom stereocenters. The second-order valence-electron chi connectivity index (χ2n) is 3.41. The summed E-state index contributed by atoms with van der Waals surface area (Å²) in [5.74, 6) is -0.0607. The van der Waals surface area contributed by atoms with Crippen molar-refractivity contribution in [3.05, 3.63) is 41.7 Å². The molecule has 5 nitrogen and oxygen atoms in total. The van der Waals surface area contributed by atoms with Crippen LogP contribution in [0.4, 0.5) is 5.69 Å². The molecule has 0 spiro atoms. The van der Waals surface area contributed by atoms with Gasteiger partial charge in [-0.25, -0.2) is 0 Å². The van der Waals surface area contributed by atoms with Crippen molar-refractivity contribution >= 4 is 11.6 Å². The van der Waals surface area contributed by atoms with Gasteiger partial charge in [-0.1, -0.05) is 0 Å². The summed E-state index contributed by atoms with van der Waals surface area (Å²) in [4.78, 5) is 11.7. The van der Waals surface area contributed by atoms with E-state index >= 15 is 0 Å². The molecule has 1 amide bonds. The lowest BCUT2D eigenvalue weighted by Crippen LogP contribution is -2.12. The molecule has 0 aliphatic carbocycles. The van der Waals surface area contributed by atoms with Crippen molar-refractivity contribution in [2.75, 3.05) is 5.32 Å². The number of amides is 1. The number of aromatic amines is 1. The molecule has 0 aliphatic rings. The minimum Gasteiger partial charge on any atom is -0.508 e. The number of benzene rings is 1. The third-order valence-corrected chi connectivity index (χ3v) is 2.20. The van der Waals surface area contributed by atoms with E-state index < -0.39 is 0 Å². The van der Waals surface area contributed by atoms with E-state index in [-0.39, 0.29) is 11.7 Å². The Kier molecular flexibility index (Phi) is 2.59. The number of hydrogen-bond acceptors (Lipinski definition) is 3. The number of aromatic hydroxyl groups is 1. The molecule has 0 aliphatic heterocycles. The van der Waals surface area contributed by atoms with E-state index in [2.05, 4.69) is 15.5 Å². The number of rotatable bonds is 2. The Bertz CT molecular complexity index is 502. The minimum absolute atomic E-state index is 0.164. The Morgan fingerprint density at radius 1 is 1.38 bits per heavy atom. The molecule has 0 saturated carbocycles. The minimum atomic E-state index is -0.225. The van der Waals surface area contributed by atoms with E-state index in [9.17, 15) is 4.79 Å². The van der Waals surface area contributed by atoms with E-state index in [0.717, 1.165) is 5.69 Å². The molecule has 0 radical (unpaired) electrons. The van der Waals surface area contributed by atoms with E-state index in [0.29, 0.717) is 11.3 Å². The second kappa shape index (κ2) is 4.06. The highest BCUT2D eigenvalue weighted by molar-refractivity contribution is 6.04. The van der Waals surface area contributed by atoms with Gasteiger partial charge < -0.3 is 10.4 Å². The van der Waals surface area contributed by atoms with Crippen molar-refractivity contribution in [2.45, 2.75) is 6.92 Å². The van der Waals surface area contributed by atoms with Gasteiger partial charge in [0.05, 0.1) is 11.8 Å². The van der Waals surface area contributed by atoms with Crippen LogP contribution in [0, 0.1) is 6.92 Å². The highest BCUT2D eigenvalue weighted by Gasteiger charge is 2.10. The van der Waals surface area contributed by atoms with Gasteiger partial charge in [-0.3, -0.25) is 9.89 Å². The molecule has 0 bridgehead atoms. The Hall–Kier alpha value is -2.30. The van der Waals surface area contributed by atoms with E-state index in [4.69, 9.17) is 5.11 Å². The standard InChI is InChI=1S/C11H11N3O2/c1-7-10(6-12-14-7)11(16)13-8-2-4-9(15)5-3-8/h2-6,15H,1H3,(H,12,14)(H,13,16). The Morgan fingerprint density at radius 3 is 2.62 bits per heavy atom. The molecule has 82 valence electrons. The van der Waals surface area contributed by atoms with Crippen molar-refractivity contribution in [1.82, 2.24) is 10.2 Å². The van der Waals surface area contributed by atoms with Crippen molar-refractivity contribution < 1.29 is 9.90 Å². The van der Waals surface area contributed by atoms with E-state index in [1.807, 2.05) is 0 Å². The summed E-state index contributed by atoms with van der Waals surface area (Å²) in [6.07, 6.45) is 1.48. The third kappa shape index (κ3) is 2.03. The predicted molar refractivity (Wildman–Crippen MR) is 59.4 cm³/mol. The number of phenols is 1. The number of anilines is 1. The van der Waals surface area contributed by atoms with Gasteiger partial charge in [-0.2, -0.15) is 5.10 Å². The molecule has 5 heteroatoms. The van der Waals surface area contributed by atoms with E-state index in [1.165, 1.54) is 18.3 Å². The van der Waals surface area contributed by atoms with Crippen LogP contribution in [-0.4, -0.2) is 21.2 Å². The molecule has 3 N–H and O–H groups in total. The van der Waals surface area contributed by atoms with Crippen LogP contribution in [-0.2, 0) is 0 Å². The molecule has 2 aromatic rings. The molecule has 2 rings (SSSR count). The maximum absolute atomic E-state index is 11.7. The topological polar surface area (TPSA) is 78.0 Å². The summed E-state index contributed by atoms with van der Waals surface area (Å²) in [5.41, 5.74) is 1.85. The molecular weight excluding hydrogens is 206 g/mol. The van der Waals surface area contributed by atoms with Gasteiger partial charge in [-0.15, -0.1) is 0 Å². The lowest BCUT2D eigenvalue weighted by molar-refractivity contribution is 0.102. The van der Waals surface area contributed by atoms with Crippen molar-refractivity contribution in [3.8, 4) is 5.75 Å². The number of aromatic nitrogens is 2. The normalized spacial score (nSPS) is 10.1. The number of nitrogens with zero attached hydrogens (tertiary/aromatic N) is 1. The Morgan fingerprint density at radius 2 is 2.06 bits per heavy atom. The monoisotopic (exact) mass is 217 g/mol. The number of H-pyrrole nitrogens is 1. The van der Waals surface area contributed by atoms with Crippen LogP contribution in [0.3, 0.4) is 0 Å². The van der Waals surface area contributed by atoms with Crippen LogP contribution in [0.15, 0.2) is 30.5 Å². The lowest BCUT2D eigenvalue weighted by Gasteiger charge is -2.03. The first kappa shape index (κ1) is 10.2. The average Bonchev–Trinajstić information content (AvgIpc) is 2.68. The lowest BCUT2D eigenvalue weighted by atomic mass is 10.2. The maximum atomic E-state index is 11.7. The Labute approximate surface area is 92.1 Å². The predicted octanol–water partition coefficient (Wildman–Crippen LogP) is 1.68. The van der Waals surface area contributed by atoms with Crippen LogP contribution in [0.5, 0.6) is 5.75 Å². The van der Waals surface area contributed by atoms with Crippen LogP contribution >= 0.6 is 0 Å². The number of carbonyl (C=O) groups is 1. The smallest absolute Gasteiger partial charge is 0.259 e. The molecule has 16 heavy (non-hydrogen) atoms. The van der Waals surface area contributed by atoms with Crippen LogP contribution < -0.4 is 5.32 Å². The Balaban J connectivity index is 2.14. The van der Waals surface area contributed by atoms with Gasteiger partial charge in [0.25, 0.3) is 5.91 Å². The van der Waals surface area contributed by atoms with Gasteiger partial charge in [0, 0.05) is 11.4 Å². The summed E-state index contributed by atoms with van der Waals surface area (Å²) < 4.78 is 0. The molecular formula is C11H11N3O2. The first-order valence-electron chi connectivity index (χ1n) is 4.77. The van der Waals surface area contributed by atoms with Crippen molar-refractivity contribution in [2.24, 2.45) is 0 Å². The fourth-order valence-electron chi connectivity index (χ4n) is 1.32. The second-order valence-corrected chi connectivity index (χ2v) is 3.41. The zero-order chi connectivity index (χ0) is 11.5. The van der Waals surface area contributed by atoms with Gasteiger partial charge in [-0.05, 0) is 31.2 Å². The SMILES string of the molecule is Cc1[nH]ncc1C(=O)Nc1ccc(O)cc1. The molecule has 1 aromatic heterocycles. The van der Waals surface area contributed by atoms with Crippen LogP contribution in [0.2, 0.25) is 0 Å². The zero-order valence-electron chi connectivity index (χ0n) is 8.69.